The molecule has 2 aromatic rings. The summed E-state index contributed by atoms with van der Waals surface area (Å²) in [6.07, 6.45) is 1.70. The molecule has 0 aliphatic carbocycles. The van der Waals surface area contributed by atoms with Crippen LogP contribution in [0.15, 0.2) is 35.7 Å². The maximum absolute atomic E-state index is 12.1. The third kappa shape index (κ3) is 4.28. The number of quaternary nitrogens is 1. The lowest BCUT2D eigenvalue weighted by molar-refractivity contribution is -0.919. The minimum Gasteiger partial charge on any atom is -0.469 e. The SMILES string of the molecule is COC(=O)C1CC[NH+](Cc2csc(N(C(C)=O)c3ccccc3)n2)CC1. The van der Waals surface area contributed by atoms with E-state index in [1.54, 1.807) is 11.8 Å². The first-order chi connectivity index (χ1) is 12.6. The molecule has 0 spiro atoms. The quantitative estimate of drug-likeness (QED) is 0.811. The average Bonchev–Trinajstić information content (AvgIpc) is 3.10. The standard InChI is InChI=1S/C19H23N3O3S/c1-14(23)22(17-6-4-3-5-7-17)19-20-16(13-26-19)12-21-10-8-15(9-11-21)18(24)25-2/h3-7,13,15H,8-12H2,1-2H3/p+1. The van der Waals surface area contributed by atoms with Gasteiger partial charge in [0.05, 0.1) is 31.8 Å². The highest BCUT2D eigenvalue weighted by molar-refractivity contribution is 7.14. The van der Waals surface area contributed by atoms with E-state index in [-0.39, 0.29) is 17.8 Å². The van der Waals surface area contributed by atoms with Crippen molar-refractivity contribution in [2.24, 2.45) is 5.92 Å². The Morgan fingerprint density at radius 3 is 2.58 bits per heavy atom. The maximum atomic E-state index is 12.1. The maximum Gasteiger partial charge on any atom is 0.309 e. The molecule has 0 unspecified atom stereocenters. The first-order valence-corrected chi connectivity index (χ1v) is 9.68. The Morgan fingerprint density at radius 2 is 1.96 bits per heavy atom. The molecule has 1 saturated heterocycles. The second kappa shape index (κ2) is 8.42. The lowest BCUT2D eigenvalue weighted by atomic mass is 9.97. The Bertz CT molecular complexity index is 754. The highest BCUT2D eigenvalue weighted by Crippen LogP contribution is 2.28. The van der Waals surface area contributed by atoms with Crippen LogP contribution in [0.5, 0.6) is 0 Å². The normalized spacial score (nSPS) is 19.8. The number of benzene rings is 1. The third-order valence-electron chi connectivity index (χ3n) is 4.72. The number of amides is 1. The number of hydrogen-bond donors (Lipinski definition) is 1. The van der Waals surface area contributed by atoms with Gasteiger partial charge in [-0.05, 0) is 12.1 Å². The number of rotatable bonds is 5. The molecule has 1 fully saturated rings. The highest BCUT2D eigenvalue weighted by Gasteiger charge is 2.28. The van der Waals surface area contributed by atoms with Gasteiger partial charge in [-0.25, -0.2) is 4.98 Å². The fourth-order valence-corrected chi connectivity index (χ4v) is 4.23. The molecule has 0 radical (unpaired) electrons. The van der Waals surface area contributed by atoms with Crippen molar-refractivity contribution in [3.05, 3.63) is 41.4 Å². The van der Waals surface area contributed by atoms with E-state index < -0.39 is 0 Å². The Labute approximate surface area is 157 Å². The Balaban J connectivity index is 1.65. The average molecular weight is 374 g/mol. The van der Waals surface area contributed by atoms with Crippen LogP contribution in [0.2, 0.25) is 0 Å². The van der Waals surface area contributed by atoms with E-state index in [9.17, 15) is 9.59 Å². The number of likely N-dealkylation sites (tertiary alicyclic amines) is 1. The molecule has 138 valence electrons. The van der Waals surface area contributed by atoms with Gasteiger partial charge in [-0.1, -0.05) is 18.2 Å². The first kappa shape index (κ1) is 18.5. The molecule has 3 rings (SSSR count). The van der Waals surface area contributed by atoms with Crippen LogP contribution in [0, 0.1) is 5.92 Å². The summed E-state index contributed by atoms with van der Waals surface area (Å²) in [4.78, 5) is 31.5. The molecule has 1 aliphatic rings. The van der Waals surface area contributed by atoms with E-state index in [1.165, 1.54) is 23.3 Å². The number of aromatic nitrogens is 1. The van der Waals surface area contributed by atoms with Gasteiger partial charge in [0.1, 0.15) is 12.2 Å². The number of esters is 1. The van der Waals surface area contributed by atoms with Gasteiger partial charge in [0.25, 0.3) is 0 Å². The van der Waals surface area contributed by atoms with E-state index >= 15 is 0 Å². The van der Waals surface area contributed by atoms with Gasteiger partial charge >= 0.3 is 5.97 Å². The van der Waals surface area contributed by atoms with Gasteiger partial charge in [0.15, 0.2) is 5.13 Å². The molecule has 0 saturated carbocycles. The number of piperidine rings is 1. The number of thiazole rings is 1. The Hall–Kier alpha value is -2.25. The molecule has 0 atom stereocenters. The van der Waals surface area contributed by atoms with Crippen LogP contribution < -0.4 is 9.80 Å². The van der Waals surface area contributed by atoms with Crippen molar-refractivity contribution in [2.75, 3.05) is 25.1 Å². The van der Waals surface area contributed by atoms with Crippen LogP contribution in [0.3, 0.4) is 0 Å². The lowest BCUT2D eigenvalue weighted by Crippen LogP contribution is -3.11. The summed E-state index contributed by atoms with van der Waals surface area (Å²) < 4.78 is 4.84. The zero-order valence-electron chi connectivity index (χ0n) is 15.1. The number of para-hydroxylation sites is 1. The monoisotopic (exact) mass is 374 g/mol. The third-order valence-corrected chi connectivity index (χ3v) is 5.59. The highest BCUT2D eigenvalue weighted by atomic mass is 32.1. The van der Waals surface area contributed by atoms with E-state index in [4.69, 9.17) is 4.74 Å². The van der Waals surface area contributed by atoms with Crippen molar-refractivity contribution in [2.45, 2.75) is 26.3 Å². The molecule has 1 amide bonds. The van der Waals surface area contributed by atoms with Crippen molar-refractivity contribution < 1.29 is 19.2 Å². The van der Waals surface area contributed by atoms with E-state index in [2.05, 4.69) is 4.98 Å². The molecule has 1 aliphatic heterocycles. The van der Waals surface area contributed by atoms with Crippen LogP contribution in [-0.2, 0) is 20.9 Å². The van der Waals surface area contributed by atoms with Crippen LogP contribution in [-0.4, -0.2) is 37.1 Å². The van der Waals surface area contributed by atoms with Crippen LogP contribution in [0.25, 0.3) is 0 Å². The fourth-order valence-electron chi connectivity index (χ4n) is 3.35. The predicted octanol–water partition coefficient (Wildman–Crippen LogP) is 1.80. The van der Waals surface area contributed by atoms with Crippen LogP contribution >= 0.6 is 11.3 Å². The lowest BCUT2D eigenvalue weighted by Gasteiger charge is -2.27. The second-order valence-corrected chi connectivity index (χ2v) is 7.37. The Kier molecular flexibility index (Phi) is 6.00. The summed E-state index contributed by atoms with van der Waals surface area (Å²) in [5.41, 5.74) is 1.81. The van der Waals surface area contributed by atoms with Gasteiger partial charge in [-0.2, -0.15) is 0 Å². The number of carbonyl (C=O) groups excluding carboxylic acids is 2. The minimum atomic E-state index is -0.0973. The summed E-state index contributed by atoms with van der Waals surface area (Å²) in [6, 6.07) is 9.57. The van der Waals surface area contributed by atoms with Gasteiger partial charge in [-0.3, -0.25) is 14.5 Å². The molecule has 1 aromatic carbocycles. The van der Waals surface area contributed by atoms with Crippen molar-refractivity contribution in [3.8, 4) is 0 Å². The summed E-state index contributed by atoms with van der Waals surface area (Å²) in [5, 5.41) is 2.72. The number of nitrogens with one attached hydrogen (secondary N) is 1. The van der Waals surface area contributed by atoms with E-state index in [1.807, 2.05) is 35.7 Å². The summed E-state index contributed by atoms with van der Waals surface area (Å²) >= 11 is 1.48. The van der Waals surface area contributed by atoms with Crippen LogP contribution in [0.1, 0.15) is 25.5 Å². The molecule has 1 N–H and O–H groups in total. The fraction of sp³-hybridized carbons (Fsp3) is 0.421. The summed E-state index contributed by atoms with van der Waals surface area (Å²) in [5.74, 6) is -0.121. The molecule has 6 nitrogen and oxygen atoms in total. The summed E-state index contributed by atoms with van der Waals surface area (Å²) in [6.45, 7) is 4.23. The molecule has 2 heterocycles. The van der Waals surface area contributed by atoms with Crippen molar-refractivity contribution in [3.63, 3.8) is 0 Å². The van der Waals surface area contributed by atoms with Crippen molar-refractivity contribution in [1.82, 2.24) is 4.98 Å². The number of methoxy groups -OCH3 is 1. The number of anilines is 2. The Morgan fingerprint density at radius 1 is 1.27 bits per heavy atom. The zero-order chi connectivity index (χ0) is 18.5. The number of carbonyl (C=O) groups is 2. The molecule has 7 heteroatoms. The first-order valence-electron chi connectivity index (χ1n) is 8.80. The van der Waals surface area contributed by atoms with Crippen molar-refractivity contribution in [1.29, 1.82) is 0 Å². The van der Waals surface area contributed by atoms with Gasteiger partial charge in [0.2, 0.25) is 5.91 Å². The van der Waals surface area contributed by atoms with E-state index in [0.717, 1.165) is 43.9 Å². The largest absolute Gasteiger partial charge is 0.469 e. The van der Waals surface area contributed by atoms with Crippen molar-refractivity contribution >= 4 is 34.0 Å². The zero-order valence-corrected chi connectivity index (χ0v) is 15.9. The molecule has 26 heavy (non-hydrogen) atoms. The topological polar surface area (TPSA) is 63.9 Å². The second-order valence-electron chi connectivity index (χ2n) is 6.54. The molecular weight excluding hydrogens is 350 g/mol. The summed E-state index contributed by atoms with van der Waals surface area (Å²) in [7, 11) is 1.45. The molecule has 0 bridgehead atoms. The molecule has 1 aromatic heterocycles. The molecular formula is C19H24N3O3S+. The minimum absolute atomic E-state index is 0.0287. The van der Waals surface area contributed by atoms with Gasteiger partial charge < -0.3 is 9.64 Å². The van der Waals surface area contributed by atoms with Gasteiger partial charge in [0, 0.05) is 25.1 Å². The number of hydrogen-bond acceptors (Lipinski definition) is 5. The van der Waals surface area contributed by atoms with Gasteiger partial charge in [-0.15, -0.1) is 11.3 Å². The van der Waals surface area contributed by atoms with E-state index in [0.29, 0.717) is 5.13 Å². The number of ether oxygens (including phenoxy) is 1. The predicted molar refractivity (Wildman–Crippen MR) is 101 cm³/mol. The van der Waals surface area contributed by atoms with Crippen LogP contribution in [0.4, 0.5) is 10.8 Å². The number of nitrogens with zero attached hydrogens (tertiary/aromatic N) is 2. The smallest absolute Gasteiger partial charge is 0.309 e.